The Morgan fingerprint density at radius 3 is 2.37 bits per heavy atom. The molecule has 0 saturated heterocycles. The molecule has 0 spiro atoms. The van der Waals surface area contributed by atoms with Crippen LogP contribution in [0, 0.1) is 18.3 Å². The number of carbonyl (C=O) groups excluding carboxylic acids is 2. The summed E-state index contributed by atoms with van der Waals surface area (Å²) in [6.07, 6.45) is -2.74. The molecule has 0 unspecified atom stereocenters. The van der Waals surface area contributed by atoms with Gasteiger partial charge in [-0.3, -0.25) is 9.59 Å². The molecule has 0 aliphatic heterocycles. The number of pyridine rings is 1. The SMILES string of the molecule is CNC(=O)c1c(-c2ccc(C)cc2)oc2nc(NCC(F)(F)F)c(-c3ccc(OC)c(C(=O)NC4(C#N)CCC4)c3)cc12. The van der Waals surface area contributed by atoms with Crippen molar-refractivity contribution in [1.82, 2.24) is 15.6 Å². The Balaban J connectivity index is 1.70. The highest BCUT2D eigenvalue weighted by molar-refractivity contribution is 6.11. The molecule has 4 aromatic rings. The maximum Gasteiger partial charge on any atom is 0.405 e. The van der Waals surface area contributed by atoms with Crippen LogP contribution < -0.4 is 20.7 Å². The molecule has 1 fully saturated rings. The summed E-state index contributed by atoms with van der Waals surface area (Å²) in [5.74, 6) is -0.784. The lowest BCUT2D eigenvalue weighted by atomic mass is 9.78. The number of rotatable bonds is 8. The maximum absolute atomic E-state index is 13.3. The molecule has 43 heavy (non-hydrogen) atoms. The Morgan fingerprint density at radius 1 is 1.09 bits per heavy atom. The molecule has 1 saturated carbocycles. The van der Waals surface area contributed by atoms with Gasteiger partial charge >= 0.3 is 6.18 Å². The van der Waals surface area contributed by atoms with Gasteiger partial charge in [0.05, 0.1) is 29.7 Å². The van der Waals surface area contributed by atoms with Gasteiger partial charge in [-0.2, -0.15) is 23.4 Å². The Morgan fingerprint density at radius 2 is 1.79 bits per heavy atom. The number of nitriles is 1. The number of ether oxygens (including phenoxy) is 1. The number of fused-ring (bicyclic) bond motifs is 1. The number of benzene rings is 2. The first-order valence-electron chi connectivity index (χ1n) is 13.5. The molecule has 222 valence electrons. The molecule has 2 heterocycles. The molecule has 1 aliphatic carbocycles. The van der Waals surface area contributed by atoms with E-state index in [1.165, 1.54) is 32.4 Å². The lowest BCUT2D eigenvalue weighted by Gasteiger charge is -2.35. The predicted octanol–water partition coefficient (Wildman–Crippen LogP) is 5.99. The van der Waals surface area contributed by atoms with E-state index in [1.807, 2.05) is 19.1 Å². The van der Waals surface area contributed by atoms with E-state index in [1.54, 1.807) is 18.2 Å². The first kappa shape index (κ1) is 29.4. The Labute approximate surface area is 245 Å². The van der Waals surface area contributed by atoms with E-state index >= 15 is 0 Å². The summed E-state index contributed by atoms with van der Waals surface area (Å²) in [5, 5.41) is 17.6. The summed E-state index contributed by atoms with van der Waals surface area (Å²) in [6, 6.07) is 15.4. The Bertz CT molecular complexity index is 1750. The number of hydrogen-bond acceptors (Lipinski definition) is 7. The van der Waals surface area contributed by atoms with E-state index in [9.17, 15) is 28.0 Å². The van der Waals surface area contributed by atoms with Gasteiger partial charge in [0.2, 0.25) is 5.71 Å². The molecule has 3 N–H and O–H groups in total. The van der Waals surface area contributed by atoms with Gasteiger partial charge in [0, 0.05) is 18.2 Å². The molecule has 2 aromatic heterocycles. The lowest BCUT2D eigenvalue weighted by molar-refractivity contribution is -0.115. The number of alkyl halides is 3. The minimum Gasteiger partial charge on any atom is -0.496 e. The number of amides is 2. The number of aromatic nitrogens is 1. The van der Waals surface area contributed by atoms with Crippen LogP contribution in [0.15, 0.2) is 52.9 Å². The number of nitrogens with zero attached hydrogens (tertiary/aromatic N) is 2. The largest absolute Gasteiger partial charge is 0.496 e. The maximum atomic E-state index is 13.3. The zero-order valence-corrected chi connectivity index (χ0v) is 23.6. The second-order valence-electron chi connectivity index (χ2n) is 10.4. The number of methoxy groups -OCH3 is 1. The third kappa shape index (κ3) is 5.83. The van der Waals surface area contributed by atoms with Crippen molar-refractivity contribution < 1.29 is 31.9 Å². The number of hydrogen-bond donors (Lipinski definition) is 3. The fourth-order valence-electron chi connectivity index (χ4n) is 4.95. The zero-order valence-electron chi connectivity index (χ0n) is 23.6. The van der Waals surface area contributed by atoms with Gasteiger partial charge in [0.15, 0.2) is 0 Å². The highest BCUT2D eigenvalue weighted by Crippen LogP contribution is 2.39. The summed E-state index contributed by atoms with van der Waals surface area (Å²) in [5.41, 5.74) is 1.29. The monoisotopic (exact) mass is 591 g/mol. The van der Waals surface area contributed by atoms with E-state index < -0.39 is 30.1 Å². The van der Waals surface area contributed by atoms with Crippen molar-refractivity contribution in [3.63, 3.8) is 0 Å². The highest BCUT2D eigenvalue weighted by Gasteiger charge is 2.39. The van der Waals surface area contributed by atoms with Crippen LogP contribution in [0.4, 0.5) is 19.0 Å². The van der Waals surface area contributed by atoms with E-state index in [-0.39, 0.29) is 45.1 Å². The number of nitrogens with one attached hydrogen (secondary N) is 3. The molecule has 12 heteroatoms. The van der Waals surface area contributed by atoms with Gasteiger partial charge in [-0.15, -0.1) is 0 Å². The average Bonchev–Trinajstić information content (AvgIpc) is 3.34. The van der Waals surface area contributed by atoms with Crippen LogP contribution in [-0.4, -0.2) is 49.2 Å². The van der Waals surface area contributed by atoms with Crippen LogP contribution in [0.25, 0.3) is 33.6 Å². The van der Waals surface area contributed by atoms with Gasteiger partial charge in [-0.05, 0) is 49.9 Å². The van der Waals surface area contributed by atoms with Gasteiger partial charge in [-0.1, -0.05) is 35.9 Å². The molecule has 0 atom stereocenters. The molecular formula is C31H28F3N5O4. The van der Waals surface area contributed by atoms with E-state index in [0.717, 1.165) is 12.0 Å². The quantitative estimate of drug-likeness (QED) is 0.230. The Hall–Kier alpha value is -5.05. The van der Waals surface area contributed by atoms with E-state index in [2.05, 4.69) is 27.0 Å². The van der Waals surface area contributed by atoms with Crippen molar-refractivity contribution in [2.45, 2.75) is 37.9 Å². The van der Waals surface area contributed by atoms with Crippen molar-refractivity contribution in [3.8, 4) is 34.3 Å². The fourth-order valence-corrected chi connectivity index (χ4v) is 4.95. The second kappa shape index (κ2) is 11.3. The number of halogens is 3. The molecule has 9 nitrogen and oxygen atoms in total. The molecule has 1 aliphatic rings. The summed E-state index contributed by atoms with van der Waals surface area (Å²) in [6.45, 7) is 0.519. The minimum atomic E-state index is -4.56. The number of aryl methyl sites for hydroxylation is 1. The van der Waals surface area contributed by atoms with Crippen molar-refractivity contribution in [1.29, 1.82) is 5.26 Å². The predicted molar refractivity (Wildman–Crippen MR) is 154 cm³/mol. The van der Waals surface area contributed by atoms with Crippen LogP contribution in [0.5, 0.6) is 5.75 Å². The highest BCUT2D eigenvalue weighted by atomic mass is 19.4. The molecular weight excluding hydrogens is 563 g/mol. The molecule has 0 bridgehead atoms. The second-order valence-corrected chi connectivity index (χ2v) is 10.4. The molecule has 0 radical (unpaired) electrons. The molecule has 2 aromatic carbocycles. The molecule has 2 amide bonds. The third-order valence-electron chi connectivity index (χ3n) is 7.44. The van der Waals surface area contributed by atoms with E-state index in [0.29, 0.717) is 24.0 Å². The normalized spacial score (nSPS) is 14.0. The zero-order chi connectivity index (χ0) is 30.9. The summed E-state index contributed by atoms with van der Waals surface area (Å²) in [4.78, 5) is 30.8. The Kier molecular flexibility index (Phi) is 7.75. The van der Waals surface area contributed by atoms with Gasteiger partial charge in [0.25, 0.3) is 11.8 Å². The van der Waals surface area contributed by atoms with Crippen LogP contribution in [0.2, 0.25) is 0 Å². The van der Waals surface area contributed by atoms with E-state index in [4.69, 9.17) is 9.15 Å². The van der Waals surface area contributed by atoms with Gasteiger partial charge in [-0.25, -0.2) is 0 Å². The van der Waals surface area contributed by atoms with Crippen LogP contribution in [0.1, 0.15) is 45.5 Å². The standard InChI is InChI=1S/C31H28F3N5O4/c1-17-5-7-18(8-6-17)25-24(28(41)36-2)22-14-20(26(38-29(22)43-25)37-16-31(32,33)34)19-9-10-23(42-3)21(13-19)27(40)39-30(15-35)11-4-12-30/h5-10,13-14H,4,11-12,16H2,1-3H3,(H,36,41)(H,37,38)(H,39,40). The summed E-state index contributed by atoms with van der Waals surface area (Å²) < 4.78 is 51.3. The van der Waals surface area contributed by atoms with Crippen LogP contribution in [0.3, 0.4) is 0 Å². The van der Waals surface area contributed by atoms with Crippen molar-refractivity contribution >= 4 is 28.7 Å². The number of carbonyl (C=O) groups is 2. The lowest BCUT2D eigenvalue weighted by Crippen LogP contribution is -2.52. The average molecular weight is 592 g/mol. The van der Waals surface area contributed by atoms with Crippen molar-refractivity contribution in [2.75, 3.05) is 26.0 Å². The molecule has 5 rings (SSSR count). The minimum absolute atomic E-state index is 0.0463. The topological polar surface area (TPSA) is 129 Å². The summed E-state index contributed by atoms with van der Waals surface area (Å²) >= 11 is 0. The fraction of sp³-hybridized carbons (Fsp3) is 0.290. The first-order chi connectivity index (χ1) is 20.5. The van der Waals surface area contributed by atoms with Gasteiger partial charge < -0.3 is 25.1 Å². The van der Waals surface area contributed by atoms with Gasteiger partial charge in [0.1, 0.15) is 29.4 Å². The first-order valence-corrected chi connectivity index (χ1v) is 13.5. The number of furan rings is 1. The third-order valence-corrected chi connectivity index (χ3v) is 7.44. The summed E-state index contributed by atoms with van der Waals surface area (Å²) in [7, 11) is 2.84. The van der Waals surface area contributed by atoms with Crippen molar-refractivity contribution in [2.24, 2.45) is 0 Å². The smallest absolute Gasteiger partial charge is 0.405 e. The van der Waals surface area contributed by atoms with Crippen LogP contribution >= 0.6 is 0 Å². The van der Waals surface area contributed by atoms with Crippen LogP contribution in [-0.2, 0) is 0 Å². The number of anilines is 1. The van der Waals surface area contributed by atoms with Crippen molar-refractivity contribution in [3.05, 3.63) is 65.2 Å².